The fourth-order valence-electron chi connectivity index (χ4n) is 1.42. The maximum Gasteiger partial charge on any atom is 1.00 e. The molecule has 0 bridgehead atoms. The molecule has 88 valence electrons. The Bertz CT molecular complexity index is 639. The van der Waals surface area contributed by atoms with Crippen LogP contribution in [0.25, 0.3) is 0 Å². The van der Waals surface area contributed by atoms with Crippen molar-refractivity contribution < 1.29 is 121 Å². The minimum Gasteiger partial charge on any atom is -0.872 e. The summed E-state index contributed by atoms with van der Waals surface area (Å²) < 4.78 is 24.1. The van der Waals surface area contributed by atoms with Gasteiger partial charge in [0.15, 0.2) is 0 Å². The standard InChI is InChI=1S/C12H10O4S.2K/c13-9-5-7-10(8-6-9)17(15,16)12-4-2-1-3-11(12)14;;/h1-8,13-14H;;/q;2*+1/p-2. The molecule has 0 unspecified atom stereocenters. The zero-order valence-corrected chi connectivity index (χ0v) is 17.7. The molecule has 0 spiro atoms. The summed E-state index contributed by atoms with van der Waals surface area (Å²) in [5.74, 6) is -0.835. The molecule has 0 N–H and O–H groups in total. The maximum atomic E-state index is 12.1. The number of para-hydroxylation sites is 1. The summed E-state index contributed by atoms with van der Waals surface area (Å²) in [4.78, 5) is -0.334. The fourth-order valence-corrected chi connectivity index (χ4v) is 2.76. The van der Waals surface area contributed by atoms with E-state index in [1.54, 1.807) is 0 Å². The van der Waals surface area contributed by atoms with Crippen LogP contribution in [-0.4, -0.2) is 8.42 Å². The van der Waals surface area contributed by atoms with Gasteiger partial charge in [0.25, 0.3) is 0 Å². The molecule has 0 aliphatic heterocycles. The van der Waals surface area contributed by atoms with Crippen LogP contribution < -0.4 is 113 Å². The molecule has 2 aromatic carbocycles. The summed E-state index contributed by atoms with van der Waals surface area (Å²) in [5.41, 5.74) is 0. The van der Waals surface area contributed by atoms with E-state index in [1.165, 1.54) is 36.4 Å². The van der Waals surface area contributed by atoms with Crippen molar-refractivity contribution in [3.63, 3.8) is 0 Å². The topological polar surface area (TPSA) is 80.3 Å². The Balaban J connectivity index is 0.00000162. The van der Waals surface area contributed by atoms with E-state index in [0.29, 0.717) is 0 Å². The van der Waals surface area contributed by atoms with Crippen LogP contribution in [0.2, 0.25) is 0 Å². The predicted octanol–water partition coefficient (Wildman–Crippen LogP) is -5.33. The van der Waals surface area contributed by atoms with Crippen LogP contribution in [0.4, 0.5) is 0 Å². The first-order valence-electron chi connectivity index (χ1n) is 4.80. The first kappa shape index (κ1) is 20.3. The van der Waals surface area contributed by atoms with Gasteiger partial charge in [-0.1, -0.05) is 36.1 Å². The van der Waals surface area contributed by atoms with E-state index in [4.69, 9.17) is 0 Å². The van der Waals surface area contributed by atoms with E-state index < -0.39 is 15.6 Å². The minimum absolute atomic E-state index is 0. The third-order valence-electron chi connectivity index (χ3n) is 2.27. The zero-order chi connectivity index (χ0) is 12.5. The first-order chi connectivity index (χ1) is 8.01. The normalized spacial score (nSPS) is 10.1. The van der Waals surface area contributed by atoms with Gasteiger partial charge < -0.3 is 10.2 Å². The maximum absolute atomic E-state index is 12.1. The largest absolute Gasteiger partial charge is 1.00 e. The first-order valence-corrected chi connectivity index (χ1v) is 6.28. The summed E-state index contributed by atoms with van der Waals surface area (Å²) in [5, 5.41) is 22.4. The summed E-state index contributed by atoms with van der Waals surface area (Å²) in [6, 6.07) is 10.1. The van der Waals surface area contributed by atoms with Crippen molar-refractivity contribution in [2.75, 3.05) is 0 Å². The smallest absolute Gasteiger partial charge is 0.872 e. The van der Waals surface area contributed by atoms with Crippen molar-refractivity contribution in [2.45, 2.75) is 9.79 Å². The summed E-state index contributed by atoms with van der Waals surface area (Å²) >= 11 is 0. The van der Waals surface area contributed by atoms with E-state index in [0.717, 1.165) is 12.1 Å². The van der Waals surface area contributed by atoms with Crippen LogP contribution in [0, 0.1) is 0 Å². The molecule has 0 aliphatic rings. The molecular weight excluding hydrogens is 318 g/mol. The van der Waals surface area contributed by atoms with E-state index in [9.17, 15) is 18.6 Å². The van der Waals surface area contributed by atoms with Gasteiger partial charge in [0, 0.05) is 0 Å². The van der Waals surface area contributed by atoms with Crippen LogP contribution >= 0.6 is 0 Å². The second-order valence-electron chi connectivity index (χ2n) is 3.42. The SMILES string of the molecule is O=S(=O)(c1ccc([O-])cc1)c1ccccc1[O-].[K+].[K+]. The van der Waals surface area contributed by atoms with Crippen molar-refractivity contribution >= 4 is 9.84 Å². The Kier molecular flexibility index (Phi) is 9.22. The van der Waals surface area contributed by atoms with Gasteiger partial charge in [0.05, 0.1) is 9.79 Å². The van der Waals surface area contributed by atoms with Crippen LogP contribution in [0.15, 0.2) is 58.3 Å². The Morgan fingerprint density at radius 3 is 1.84 bits per heavy atom. The summed E-state index contributed by atoms with van der Waals surface area (Å²) in [7, 11) is -3.84. The van der Waals surface area contributed by atoms with E-state index >= 15 is 0 Å². The molecule has 0 aliphatic carbocycles. The van der Waals surface area contributed by atoms with Crippen LogP contribution in [0.3, 0.4) is 0 Å². The second-order valence-corrected chi connectivity index (χ2v) is 5.34. The molecule has 0 atom stereocenters. The third kappa shape index (κ3) is 4.89. The number of hydrogen-bond acceptors (Lipinski definition) is 4. The van der Waals surface area contributed by atoms with E-state index in [1.807, 2.05) is 0 Å². The van der Waals surface area contributed by atoms with Gasteiger partial charge >= 0.3 is 103 Å². The average Bonchev–Trinajstić information content (AvgIpc) is 2.30. The molecule has 0 fully saturated rings. The molecule has 2 aromatic rings. The van der Waals surface area contributed by atoms with Crippen molar-refractivity contribution in [2.24, 2.45) is 0 Å². The number of hydrogen-bond donors (Lipinski definition) is 0. The second kappa shape index (κ2) is 8.64. The molecule has 2 rings (SSSR count). The number of sulfone groups is 1. The molecule has 0 amide bonds. The van der Waals surface area contributed by atoms with Gasteiger partial charge in [-0.05, 0) is 18.2 Å². The molecule has 19 heavy (non-hydrogen) atoms. The van der Waals surface area contributed by atoms with Crippen molar-refractivity contribution in [1.82, 2.24) is 0 Å². The zero-order valence-electron chi connectivity index (χ0n) is 10.7. The van der Waals surface area contributed by atoms with E-state index in [-0.39, 0.29) is 118 Å². The Morgan fingerprint density at radius 1 is 0.789 bits per heavy atom. The monoisotopic (exact) mass is 326 g/mol. The third-order valence-corrected chi connectivity index (χ3v) is 4.08. The Labute approximate surface area is 197 Å². The molecule has 0 saturated carbocycles. The van der Waals surface area contributed by atoms with Crippen LogP contribution in [0.5, 0.6) is 11.5 Å². The quantitative estimate of drug-likeness (QED) is 0.516. The van der Waals surface area contributed by atoms with Crippen LogP contribution in [0.1, 0.15) is 0 Å². The number of rotatable bonds is 2. The molecule has 0 saturated heterocycles. The Hall–Kier alpha value is 1.26. The molecule has 0 radical (unpaired) electrons. The van der Waals surface area contributed by atoms with Gasteiger partial charge in [0.1, 0.15) is 0 Å². The van der Waals surface area contributed by atoms with E-state index in [2.05, 4.69) is 0 Å². The van der Waals surface area contributed by atoms with Crippen LogP contribution in [-0.2, 0) is 9.84 Å². The van der Waals surface area contributed by atoms with Gasteiger partial charge in [-0.3, -0.25) is 0 Å². The predicted molar refractivity (Wildman–Crippen MR) is 57.2 cm³/mol. The van der Waals surface area contributed by atoms with Gasteiger partial charge in [-0.15, -0.1) is 5.75 Å². The average molecular weight is 326 g/mol. The van der Waals surface area contributed by atoms with Gasteiger partial charge in [-0.25, -0.2) is 8.42 Å². The Morgan fingerprint density at radius 2 is 1.32 bits per heavy atom. The molecule has 7 heteroatoms. The summed E-state index contributed by atoms with van der Waals surface area (Å²) in [6.45, 7) is 0. The summed E-state index contributed by atoms with van der Waals surface area (Å²) in [6.07, 6.45) is 0. The van der Waals surface area contributed by atoms with Gasteiger partial charge in [0.2, 0.25) is 9.84 Å². The minimum atomic E-state index is -3.84. The van der Waals surface area contributed by atoms with Crippen molar-refractivity contribution in [1.29, 1.82) is 0 Å². The van der Waals surface area contributed by atoms with Crippen molar-refractivity contribution in [3.05, 3.63) is 48.5 Å². The number of benzene rings is 2. The van der Waals surface area contributed by atoms with Crippen molar-refractivity contribution in [3.8, 4) is 11.5 Å². The molecular formula is C12H8K2O4S. The van der Waals surface area contributed by atoms with Gasteiger partial charge in [-0.2, -0.15) is 0 Å². The molecule has 0 aromatic heterocycles. The fraction of sp³-hybridized carbons (Fsp3) is 0. The molecule has 0 heterocycles. The molecule has 4 nitrogen and oxygen atoms in total.